The van der Waals surface area contributed by atoms with Gasteiger partial charge in [-0.05, 0) is 36.6 Å². The maximum Gasteiger partial charge on any atom is 0.258 e. The van der Waals surface area contributed by atoms with Gasteiger partial charge in [-0.15, -0.1) is 0 Å². The van der Waals surface area contributed by atoms with Crippen LogP contribution in [0, 0.1) is 0 Å². The Hall–Kier alpha value is -2.07. The molecule has 0 saturated carbocycles. The minimum absolute atomic E-state index is 0.0577. The number of hydrogen-bond donors (Lipinski definition) is 1. The number of nitrogens with zero attached hydrogens (tertiary/aromatic N) is 2. The molecule has 1 saturated heterocycles. The highest BCUT2D eigenvalue weighted by Crippen LogP contribution is 2.20. The average Bonchev–Trinajstić information content (AvgIpc) is 2.50. The maximum atomic E-state index is 12.4. The van der Waals surface area contributed by atoms with E-state index in [1.807, 2.05) is 25.3 Å². The van der Waals surface area contributed by atoms with E-state index in [0.717, 1.165) is 42.5 Å². The molecule has 4 heteroatoms. The van der Waals surface area contributed by atoms with Gasteiger partial charge in [0.15, 0.2) is 0 Å². The number of piperazine rings is 1. The summed E-state index contributed by atoms with van der Waals surface area (Å²) in [4.78, 5) is 14.8. The second kappa shape index (κ2) is 5.74. The zero-order chi connectivity index (χ0) is 14.8. The molecule has 0 spiro atoms. The lowest BCUT2D eigenvalue weighted by molar-refractivity contribution is 0.589. The van der Waals surface area contributed by atoms with Gasteiger partial charge in [-0.2, -0.15) is 0 Å². The lowest BCUT2D eigenvalue weighted by Crippen LogP contribution is -2.43. The molecule has 0 unspecified atom stereocenters. The highest BCUT2D eigenvalue weighted by atomic mass is 16.1. The first-order valence-corrected chi connectivity index (χ1v) is 7.38. The van der Waals surface area contributed by atoms with Crippen molar-refractivity contribution in [2.24, 2.45) is 0 Å². The van der Waals surface area contributed by atoms with Crippen LogP contribution in [0.2, 0.25) is 0 Å². The minimum atomic E-state index is 0.0577. The van der Waals surface area contributed by atoms with Crippen molar-refractivity contribution < 1.29 is 0 Å². The first-order valence-electron chi connectivity index (χ1n) is 7.38. The number of rotatable bonds is 3. The number of hydrogen-bond acceptors (Lipinski definition) is 3. The van der Waals surface area contributed by atoms with E-state index in [1.54, 1.807) is 4.57 Å². The van der Waals surface area contributed by atoms with Crippen LogP contribution < -0.4 is 15.8 Å². The molecular weight excluding hydrogens is 262 g/mol. The number of anilines is 1. The average molecular weight is 283 g/mol. The van der Waals surface area contributed by atoms with Crippen molar-refractivity contribution in [3.63, 3.8) is 0 Å². The standard InChI is InChI=1S/C17H21N3O/c1-13(2)12-20-8-5-14-11-15(3-4-16(14)17(20)21)19-9-6-18-7-10-19/h3-5,8,11,18H,1,6-7,9-10,12H2,2H3. The van der Waals surface area contributed by atoms with E-state index in [9.17, 15) is 4.79 Å². The molecule has 4 nitrogen and oxygen atoms in total. The van der Waals surface area contributed by atoms with Crippen LogP contribution in [0.3, 0.4) is 0 Å². The van der Waals surface area contributed by atoms with Gasteiger partial charge in [0.2, 0.25) is 0 Å². The molecule has 1 aliphatic heterocycles. The summed E-state index contributed by atoms with van der Waals surface area (Å²) < 4.78 is 1.72. The van der Waals surface area contributed by atoms with Gasteiger partial charge in [-0.3, -0.25) is 4.79 Å². The Balaban J connectivity index is 1.99. The zero-order valence-corrected chi connectivity index (χ0v) is 12.4. The minimum Gasteiger partial charge on any atom is -0.369 e. The number of allylic oxidation sites excluding steroid dienone is 1. The normalized spacial score (nSPS) is 15.4. The fraction of sp³-hybridized carbons (Fsp3) is 0.353. The van der Waals surface area contributed by atoms with Crippen molar-refractivity contribution in [1.29, 1.82) is 0 Å². The molecule has 0 radical (unpaired) electrons. The van der Waals surface area contributed by atoms with Crippen LogP contribution in [0.15, 0.2) is 47.4 Å². The summed E-state index contributed by atoms with van der Waals surface area (Å²) in [5.74, 6) is 0. The maximum absolute atomic E-state index is 12.4. The monoisotopic (exact) mass is 283 g/mol. The summed E-state index contributed by atoms with van der Waals surface area (Å²) in [6.07, 6.45) is 1.86. The summed E-state index contributed by atoms with van der Waals surface area (Å²) >= 11 is 0. The van der Waals surface area contributed by atoms with Gasteiger partial charge in [0.05, 0.1) is 0 Å². The highest BCUT2D eigenvalue weighted by molar-refractivity contribution is 5.85. The molecule has 2 heterocycles. The van der Waals surface area contributed by atoms with Crippen molar-refractivity contribution in [3.8, 4) is 0 Å². The second-order valence-corrected chi connectivity index (χ2v) is 5.71. The van der Waals surface area contributed by atoms with Gasteiger partial charge in [-0.1, -0.05) is 12.2 Å². The van der Waals surface area contributed by atoms with Crippen molar-refractivity contribution in [2.75, 3.05) is 31.1 Å². The van der Waals surface area contributed by atoms with Crippen LogP contribution >= 0.6 is 0 Å². The third-order valence-electron chi connectivity index (χ3n) is 3.88. The van der Waals surface area contributed by atoms with Crippen molar-refractivity contribution >= 4 is 16.5 Å². The highest BCUT2D eigenvalue weighted by Gasteiger charge is 2.11. The van der Waals surface area contributed by atoms with Gasteiger partial charge < -0.3 is 14.8 Å². The Kier molecular flexibility index (Phi) is 3.80. The number of nitrogens with one attached hydrogen (secondary N) is 1. The summed E-state index contributed by atoms with van der Waals surface area (Å²) in [6.45, 7) is 10.4. The lowest BCUT2D eigenvalue weighted by Gasteiger charge is -2.29. The lowest BCUT2D eigenvalue weighted by atomic mass is 10.1. The van der Waals surface area contributed by atoms with E-state index < -0.39 is 0 Å². The predicted molar refractivity (Wildman–Crippen MR) is 88.1 cm³/mol. The molecule has 1 aromatic heterocycles. The predicted octanol–water partition coefficient (Wildman–Crippen LogP) is 1.99. The molecule has 1 aliphatic rings. The molecule has 3 rings (SSSR count). The topological polar surface area (TPSA) is 37.3 Å². The molecule has 0 aliphatic carbocycles. The first-order chi connectivity index (χ1) is 10.1. The molecule has 110 valence electrons. The van der Waals surface area contributed by atoms with Crippen LogP contribution in [0.4, 0.5) is 5.69 Å². The van der Waals surface area contributed by atoms with E-state index >= 15 is 0 Å². The van der Waals surface area contributed by atoms with Crippen LogP contribution in [-0.4, -0.2) is 30.7 Å². The Labute approximate surface area is 124 Å². The Morgan fingerprint density at radius 3 is 2.76 bits per heavy atom. The Morgan fingerprint density at radius 2 is 2.05 bits per heavy atom. The smallest absolute Gasteiger partial charge is 0.258 e. The van der Waals surface area contributed by atoms with E-state index in [4.69, 9.17) is 0 Å². The van der Waals surface area contributed by atoms with E-state index in [1.165, 1.54) is 5.69 Å². The van der Waals surface area contributed by atoms with Gasteiger partial charge in [0, 0.05) is 50.0 Å². The molecular formula is C17H21N3O. The quantitative estimate of drug-likeness (QED) is 0.875. The van der Waals surface area contributed by atoms with Crippen LogP contribution in [0.5, 0.6) is 0 Å². The number of pyridine rings is 1. The summed E-state index contributed by atoms with van der Waals surface area (Å²) in [5, 5.41) is 5.14. The molecule has 0 bridgehead atoms. The van der Waals surface area contributed by atoms with E-state index in [0.29, 0.717) is 6.54 Å². The van der Waals surface area contributed by atoms with Gasteiger partial charge in [0.1, 0.15) is 0 Å². The molecule has 0 amide bonds. The SMILES string of the molecule is C=C(C)Cn1ccc2cc(N3CCNCC3)ccc2c1=O. The number of fused-ring (bicyclic) bond motifs is 1. The molecule has 1 fully saturated rings. The van der Waals surface area contributed by atoms with Crippen LogP contribution in [0.25, 0.3) is 10.8 Å². The first kappa shape index (κ1) is 13.9. The van der Waals surface area contributed by atoms with Gasteiger partial charge >= 0.3 is 0 Å². The number of benzene rings is 1. The molecule has 1 aromatic carbocycles. The van der Waals surface area contributed by atoms with Gasteiger partial charge in [0.25, 0.3) is 5.56 Å². The Bertz CT molecular complexity index is 726. The largest absolute Gasteiger partial charge is 0.369 e. The molecule has 1 N–H and O–H groups in total. The van der Waals surface area contributed by atoms with Crippen LogP contribution in [0.1, 0.15) is 6.92 Å². The summed E-state index contributed by atoms with van der Waals surface area (Å²) in [7, 11) is 0. The third-order valence-corrected chi connectivity index (χ3v) is 3.88. The zero-order valence-electron chi connectivity index (χ0n) is 12.4. The molecule has 2 aromatic rings. The van der Waals surface area contributed by atoms with E-state index in [2.05, 4.69) is 28.9 Å². The summed E-state index contributed by atoms with van der Waals surface area (Å²) in [5.41, 5.74) is 2.23. The van der Waals surface area contributed by atoms with Crippen molar-refractivity contribution in [1.82, 2.24) is 9.88 Å². The third kappa shape index (κ3) is 2.85. The molecule has 21 heavy (non-hydrogen) atoms. The Morgan fingerprint density at radius 1 is 1.29 bits per heavy atom. The number of aromatic nitrogens is 1. The summed E-state index contributed by atoms with van der Waals surface area (Å²) in [6, 6.07) is 8.14. The second-order valence-electron chi connectivity index (χ2n) is 5.71. The van der Waals surface area contributed by atoms with Gasteiger partial charge in [-0.25, -0.2) is 0 Å². The van der Waals surface area contributed by atoms with E-state index in [-0.39, 0.29) is 5.56 Å². The van der Waals surface area contributed by atoms with Crippen molar-refractivity contribution in [2.45, 2.75) is 13.5 Å². The van der Waals surface area contributed by atoms with Crippen molar-refractivity contribution in [3.05, 3.63) is 53.0 Å². The molecule has 0 atom stereocenters. The fourth-order valence-electron chi connectivity index (χ4n) is 2.81. The fourth-order valence-corrected chi connectivity index (χ4v) is 2.81. The van der Waals surface area contributed by atoms with Crippen LogP contribution in [-0.2, 0) is 6.54 Å².